The number of hydrogen-bond donors (Lipinski definition) is 1. The van der Waals surface area contributed by atoms with Crippen LogP contribution in [0.1, 0.15) is 36.5 Å². The highest BCUT2D eigenvalue weighted by Gasteiger charge is 2.10. The lowest BCUT2D eigenvalue weighted by Crippen LogP contribution is -2.07. The highest BCUT2D eigenvalue weighted by molar-refractivity contribution is 9.10. The fourth-order valence-electron chi connectivity index (χ4n) is 2.07. The van der Waals surface area contributed by atoms with Crippen molar-refractivity contribution in [3.8, 4) is 11.6 Å². The van der Waals surface area contributed by atoms with Crippen LogP contribution in [0.25, 0.3) is 0 Å². The highest BCUT2D eigenvalue weighted by Crippen LogP contribution is 2.30. The van der Waals surface area contributed by atoms with Crippen molar-refractivity contribution in [3.63, 3.8) is 0 Å². The lowest BCUT2D eigenvalue weighted by atomic mass is 10.0. The maximum atomic E-state index is 6.07. The summed E-state index contributed by atoms with van der Waals surface area (Å²) in [5.41, 5.74) is 3.41. The normalized spacial score (nSPS) is 11.0. The summed E-state index contributed by atoms with van der Waals surface area (Å²) in [5.74, 6) is 1.99. The molecule has 112 valence electrons. The Morgan fingerprint density at radius 1 is 1.29 bits per heavy atom. The van der Waals surface area contributed by atoms with Crippen LogP contribution in [0, 0.1) is 6.92 Å². The average molecular weight is 349 g/mol. The molecule has 0 radical (unpaired) electrons. The molecule has 2 aromatic rings. The Labute approximate surface area is 134 Å². The van der Waals surface area contributed by atoms with Crippen LogP contribution in [0.2, 0.25) is 0 Å². The first-order valence-corrected chi connectivity index (χ1v) is 7.88. The van der Waals surface area contributed by atoms with Gasteiger partial charge in [-0.2, -0.15) is 0 Å². The number of halogens is 1. The summed E-state index contributed by atoms with van der Waals surface area (Å²) < 4.78 is 7.02. The zero-order chi connectivity index (χ0) is 15.4. The SMILES string of the molecule is CNCc1cc(Br)cnc1Oc1cc(C(C)C)ccc1C. The van der Waals surface area contributed by atoms with E-state index in [4.69, 9.17) is 4.74 Å². The predicted octanol–water partition coefficient (Wildman–Crippen LogP) is 4.79. The molecule has 0 fully saturated rings. The van der Waals surface area contributed by atoms with Crippen molar-refractivity contribution in [1.29, 1.82) is 0 Å². The molecule has 1 aromatic heterocycles. The second-order valence-corrected chi connectivity index (χ2v) is 6.35. The fraction of sp³-hybridized carbons (Fsp3) is 0.353. The number of aryl methyl sites for hydroxylation is 1. The number of aromatic nitrogens is 1. The van der Waals surface area contributed by atoms with Gasteiger partial charge in [0, 0.05) is 22.8 Å². The standard InChI is InChI=1S/C17H21BrN2O/c1-11(2)13-6-5-12(3)16(8-13)21-17-14(9-19-4)7-15(18)10-20-17/h5-8,10-11,19H,9H2,1-4H3. The van der Waals surface area contributed by atoms with Gasteiger partial charge in [0.15, 0.2) is 0 Å². The van der Waals surface area contributed by atoms with Gasteiger partial charge in [0.2, 0.25) is 5.88 Å². The van der Waals surface area contributed by atoms with Gasteiger partial charge in [-0.15, -0.1) is 0 Å². The molecule has 0 amide bonds. The van der Waals surface area contributed by atoms with Gasteiger partial charge in [0.25, 0.3) is 0 Å². The zero-order valence-corrected chi connectivity index (χ0v) is 14.5. The Kier molecular flexibility index (Phi) is 5.37. The molecule has 0 aliphatic carbocycles. The lowest BCUT2D eigenvalue weighted by molar-refractivity contribution is 0.450. The second kappa shape index (κ2) is 7.05. The van der Waals surface area contributed by atoms with Crippen molar-refractivity contribution in [2.24, 2.45) is 0 Å². The van der Waals surface area contributed by atoms with Crippen LogP contribution in [0.15, 0.2) is 34.9 Å². The second-order valence-electron chi connectivity index (χ2n) is 5.43. The fourth-order valence-corrected chi connectivity index (χ4v) is 2.45. The number of ether oxygens (including phenoxy) is 1. The molecule has 0 saturated heterocycles. The first-order valence-electron chi connectivity index (χ1n) is 7.08. The molecule has 1 aromatic carbocycles. The minimum atomic E-state index is 0.475. The van der Waals surface area contributed by atoms with Gasteiger partial charge in [-0.05, 0) is 59.1 Å². The molecule has 0 aliphatic heterocycles. The van der Waals surface area contributed by atoms with Crippen LogP contribution in [0.3, 0.4) is 0 Å². The Morgan fingerprint density at radius 2 is 2.05 bits per heavy atom. The summed E-state index contributed by atoms with van der Waals surface area (Å²) in [4.78, 5) is 4.40. The van der Waals surface area contributed by atoms with Gasteiger partial charge in [-0.25, -0.2) is 4.98 Å². The highest BCUT2D eigenvalue weighted by atomic mass is 79.9. The summed E-state index contributed by atoms with van der Waals surface area (Å²) in [7, 11) is 1.91. The Hall–Kier alpha value is -1.39. The average Bonchev–Trinajstić information content (AvgIpc) is 2.44. The van der Waals surface area contributed by atoms with Gasteiger partial charge in [0.1, 0.15) is 5.75 Å². The van der Waals surface area contributed by atoms with Gasteiger partial charge in [-0.3, -0.25) is 0 Å². The monoisotopic (exact) mass is 348 g/mol. The van der Waals surface area contributed by atoms with Crippen LogP contribution < -0.4 is 10.1 Å². The van der Waals surface area contributed by atoms with Crippen molar-refractivity contribution >= 4 is 15.9 Å². The number of benzene rings is 1. The zero-order valence-electron chi connectivity index (χ0n) is 12.9. The van der Waals surface area contributed by atoms with E-state index in [1.807, 2.05) is 13.1 Å². The number of rotatable bonds is 5. The lowest BCUT2D eigenvalue weighted by Gasteiger charge is -2.14. The Balaban J connectivity index is 2.35. The first-order chi connectivity index (χ1) is 10.0. The Morgan fingerprint density at radius 3 is 2.71 bits per heavy atom. The number of nitrogens with zero attached hydrogens (tertiary/aromatic N) is 1. The summed E-state index contributed by atoms with van der Waals surface area (Å²) in [6, 6.07) is 8.38. The van der Waals surface area contributed by atoms with Gasteiger partial charge in [-0.1, -0.05) is 26.0 Å². The van der Waals surface area contributed by atoms with Crippen molar-refractivity contribution in [1.82, 2.24) is 10.3 Å². The maximum absolute atomic E-state index is 6.07. The van der Waals surface area contributed by atoms with Crippen molar-refractivity contribution in [3.05, 3.63) is 51.6 Å². The number of nitrogens with one attached hydrogen (secondary N) is 1. The molecule has 1 heterocycles. The topological polar surface area (TPSA) is 34.2 Å². The largest absolute Gasteiger partial charge is 0.438 e. The van der Waals surface area contributed by atoms with E-state index in [0.29, 0.717) is 18.3 Å². The smallest absolute Gasteiger partial charge is 0.223 e. The molecule has 0 unspecified atom stereocenters. The van der Waals surface area contributed by atoms with E-state index in [1.54, 1.807) is 6.20 Å². The minimum Gasteiger partial charge on any atom is -0.438 e. The molecule has 21 heavy (non-hydrogen) atoms. The third kappa shape index (κ3) is 4.05. The van der Waals surface area contributed by atoms with E-state index < -0.39 is 0 Å². The molecular weight excluding hydrogens is 328 g/mol. The third-order valence-corrected chi connectivity index (χ3v) is 3.78. The summed E-state index contributed by atoms with van der Waals surface area (Å²) in [5, 5.41) is 3.14. The van der Waals surface area contributed by atoms with Crippen LogP contribution in [0.5, 0.6) is 11.6 Å². The number of hydrogen-bond acceptors (Lipinski definition) is 3. The minimum absolute atomic E-state index is 0.475. The predicted molar refractivity (Wildman–Crippen MR) is 90.0 cm³/mol. The molecule has 0 aliphatic rings. The number of pyridine rings is 1. The van der Waals surface area contributed by atoms with E-state index in [-0.39, 0.29) is 0 Å². The molecule has 0 bridgehead atoms. The van der Waals surface area contributed by atoms with E-state index in [1.165, 1.54) is 5.56 Å². The van der Waals surface area contributed by atoms with Crippen LogP contribution in [0.4, 0.5) is 0 Å². The Bertz CT molecular complexity index is 626. The van der Waals surface area contributed by atoms with E-state index in [2.05, 4.69) is 65.2 Å². The van der Waals surface area contributed by atoms with Gasteiger partial charge < -0.3 is 10.1 Å². The molecule has 0 saturated carbocycles. The molecule has 1 N–H and O–H groups in total. The summed E-state index contributed by atoms with van der Waals surface area (Å²) >= 11 is 3.45. The first kappa shape index (κ1) is 16.0. The molecule has 0 spiro atoms. The van der Waals surface area contributed by atoms with Crippen molar-refractivity contribution in [2.75, 3.05) is 7.05 Å². The van der Waals surface area contributed by atoms with Crippen molar-refractivity contribution in [2.45, 2.75) is 33.2 Å². The summed E-state index contributed by atoms with van der Waals surface area (Å²) in [6.07, 6.45) is 1.76. The molecule has 3 nitrogen and oxygen atoms in total. The molecule has 2 rings (SSSR count). The van der Waals surface area contributed by atoms with Gasteiger partial charge >= 0.3 is 0 Å². The molecular formula is C17H21BrN2O. The van der Waals surface area contributed by atoms with Gasteiger partial charge in [0.05, 0.1) is 0 Å². The third-order valence-electron chi connectivity index (χ3n) is 3.34. The quantitative estimate of drug-likeness (QED) is 0.843. The van der Waals surface area contributed by atoms with Crippen molar-refractivity contribution < 1.29 is 4.74 Å². The van der Waals surface area contributed by atoms with E-state index in [0.717, 1.165) is 21.3 Å². The van der Waals surface area contributed by atoms with E-state index >= 15 is 0 Å². The van der Waals surface area contributed by atoms with Crippen LogP contribution >= 0.6 is 15.9 Å². The van der Waals surface area contributed by atoms with Crippen LogP contribution in [-0.2, 0) is 6.54 Å². The molecule has 0 atom stereocenters. The summed E-state index contributed by atoms with van der Waals surface area (Å²) in [6.45, 7) is 7.12. The van der Waals surface area contributed by atoms with Crippen LogP contribution in [-0.4, -0.2) is 12.0 Å². The molecule has 4 heteroatoms. The van der Waals surface area contributed by atoms with E-state index in [9.17, 15) is 0 Å². The maximum Gasteiger partial charge on any atom is 0.223 e.